The van der Waals surface area contributed by atoms with E-state index in [1.54, 1.807) is 0 Å². The second-order valence-electron chi connectivity index (χ2n) is 4.83. The maximum Gasteiger partial charge on any atom is 0.312 e. The molecule has 0 amide bonds. The topological polar surface area (TPSA) is 50.2 Å². The van der Waals surface area contributed by atoms with Gasteiger partial charge in [-0.2, -0.15) is 0 Å². The molecule has 1 aromatic heterocycles. The van der Waals surface area contributed by atoms with Gasteiger partial charge in [0.1, 0.15) is 5.01 Å². The zero-order valence-corrected chi connectivity index (χ0v) is 13.1. The Hall–Kier alpha value is -1.34. The number of benzene rings is 1. The van der Waals surface area contributed by atoms with Crippen molar-refractivity contribution >= 4 is 33.2 Å². The number of aromatic nitrogens is 1. The summed E-state index contributed by atoms with van der Waals surface area (Å²) in [5, 5.41) is 9.76. The van der Waals surface area contributed by atoms with Crippen molar-refractivity contribution in [2.24, 2.45) is 0 Å². The minimum Gasteiger partial charge on any atom is -0.481 e. The highest BCUT2D eigenvalue weighted by molar-refractivity contribution is 9.10. The van der Waals surface area contributed by atoms with Crippen LogP contribution in [0.15, 0.2) is 16.6 Å². The Labute approximate surface area is 131 Å². The Balaban J connectivity index is 2.10. The fourth-order valence-electron chi connectivity index (χ4n) is 2.47. The van der Waals surface area contributed by atoms with Gasteiger partial charge in [0.15, 0.2) is 11.6 Å². The second-order valence-corrected chi connectivity index (χ2v) is 6.71. The number of carboxylic acid groups (broad SMARTS) is 1. The summed E-state index contributed by atoms with van der Waals surface area (Å²) in [5.74, 6) is -3.40. The van der Waals surface area contributed by atoms with Crippen molar-refractivity contribution in [3.63, 3.8) is 0 Å². The van der Waals surface area contributed by atoms with Gasteiger partial charge < -0.3 is 5.11 Å². The van der Waals surface area contributed by atoms with E-state index in [2.05, 4.69) is 20.9 Å². The number of rotatable bonds is 2. The quantitative estimate of drug-likeness (QED) is 0.795. The molecule has 3 nitrogen and oxygen atoms in total. The van der Waals surface area contributed by atoms with E-state index in [-0.39, 0.29) is 4.47 Å². The van der Waals surface area contributed by atoms with Gasteiger partial charge in [-0.1, -0.05) is 0 Å². The van der Waals surface area contributed by atoms with Gasteiger partial charge in [-0.15, -0.1) is 11.3 Å². The monoisotopic (exact) mass is 373 g/mol. The molecule has 1 N–H and O–H groups in total. The first kappa shape index (κ1) is 14.6. The van der Waals surface area contributed by atoms with Gasteiger partial charge in [-0.05, 0) is 47.3 Å². The molecule has 3 rings (SSSR count). The second kappa shape index (κ2) is 5.46. The van der Waals surface area contributed by atoms with Crippen LogP contribution in [0.2, 0.25) is 0 Å². The number of aryl methyl sites for hydroxylation is 1. The first-order chi connectivity index (χ1) is 9.99. The minimum absolute atomic E-state index is 0.0143. The molecular weight excluding hydrogens is 364 g/mol. The third-order valence-corrected chi connectivity index (χ3v) is 5.46. The van der Waals surface area contributed by atoms with Gasteiger partial charge in [-0.3, -0.25) is 4.79 Å². The molecule has 0 fully saturated rings. The summed E-state index contributed by atoms with van der Waals surface area (Å²) in [7, 11) is 0. The lowest BCUT2D eigenvalue weighted by Gasteiger charge is -2.16. The highest BCUT2D eigenvalue weighted by Gasteiger charge is 2.30. The molecule has 1 aliphatic rings. The predicted molar refractivity (Wildman–Crippen MR) is 78.5 cm³/mol. The third kappa shape index (κ3) is 2.48. The lowest BCUT2D eigenvalue weighted by atomic mass is 9.91. The van der Waals surface area contributed by atoms with E-state index in [0.29, 0.717) is 22.7 Å². The smallest absolute Gasteiger partial charge is 0.312 e. The predicted octanol–water partition coefficient (Wildman–Crippen LogP) is 4.36. The number of aliphatic carboxylic acids is 1. The lowest BCUT2D eigenvalue weighted by molar-refractivity contribution is -0.139. The van der Waals surface area contributed by atoms with Gasteiger partial charge in [0.05, 0.1) is 16.1 Å². The zero-order chi connectivity index (χ0) is 15.1. The normalized spacial score (nSPS) is 17.6. The molecule has 1 aliphatic carbocycles. The number of nitrogens with zero attached hydrogens (tertiary/aromatic N) is 1. The largest absolute Gasteiger partial charge is 0.481 e. The fourth-order valence-corrected chi connectivity index (χ4v) is 4.30. The first-order valence-corrected chi connectivity index (χ1v) is 7.96. The van der Waals surface area contributed by atoms with Crippen LogP contribution in [0.4, 0.5) is 8.78 Å². The Morgan fingerprint density at radius 1 is 1.43 bits per heavy atom. The van der Waals surface area contributed by atoms with E-state index < -0.39 is 23.5 Å². The molecule has 0 radical (unpaired) electrons. The summed E-state index contributed by atoms with van der Waals surface area (Å²) in [5.41, 5.74) is 1.00. The van der Waals surface area contributed by atoms with Crippen LogP contribution in [0.5, 0.6) is 0 Å². The summed E-state index contributed by atoms with van der Waals surface area (Å²) < 4.78 is 26.8. The maximum atomic E-state index is 13.6. The van der Waals surface area contributed by atoms with Crippen LogP contribution < -0.4 is 0 Å². The fraction of sp³-hybridized carbons (Fsp3) is 0.286. The van der Waals surface area contributed by atoms with Crippen LogP contribution in [-0.4, -0.2) is 16.1 Å². The van der Waals surface area contributed by atoms with Gasteiger partial charge in [0.2, 0.25) is 0 Å². The lowest BCUT2D eigenvalue weighted by Crippen LogP contribution is -2.17. The number of carboxylic acids is 1. The number of hydrogen-bond donors (Lipinski definition) is 1. The minimum atomic E-state index is -0.963. The third-order valence-electron chi connectivity index (χ3n) is 3.52. The molecule has 0 aliphatic heterocycles. The molecule has 21 heavy (non-hydrogen) atoms. The Morgan fingerprint density at radius 3 is 2.90 bits per heavy atom. The number of fused-ring (bicyclic) bond motifs is 1. The zero-order valence-electron chi connectivity index (χ0n) is 10.7. The van der Waals surface area contributed by atoms with Crippen molar-refractivity contribution in [2.75, 3.05) is 0 Å². The molecule has 1 atom stereocenters. The summed E-state index contributed by atoms with van der Waals surface area (Å²) >= 11 is 4.39. The Morgan fingerprint density at radius 2 is 2.19 bits per heavy atom. The molecule has 7 heteroatoms. The molecule has 0 bridgehead atoms. The molecule has 1 heterocycles. The summed E-state index contributed by atoms with van der Waals surface area (Å²) in [6.07, 6.45) is 2.13. The van der Waals surface area contributed by atoms with Gasteiger partial charge in [0, 0.05) is 10.4 Å². The van der Waals surface area contributed by atoms with Crippen LogP contribution >= 0.6 is 27.3 Å². The van der Waals surface area contributed by atoms with Gasteiger partial charge in [-0.25, -0.2) is 13.8 Å². The highest BCUT2D eigenvalue weighted by Crippen LogP contribution is 2.40. The van der Waals surface area contributed by atoms with Gasteiger partial charge >= 0.3 is 5.97 Å². The van der Waals surface area contributed by atoms with Crippen LogP contribution in [0.1, 0.15) is 29.3 Å². The van der Waals surface area contributed by atoms with Crippen molar-refractivity contribution in [3.05, 3.63) is 38.8 Å². The molecule has 0 saturated carbocycles. The first-order valence-electron chi connectivity index (χ1n) is 6.35. The molecule has 2 aromatic rings. The van der Waals surface area contributed by atoms with E-state index >= 15 is 0 Å². The van der Waals surface area contributed by atoms with Crippen LogP contribution in [-0.2, 0) is 11.2 Å². The number of halogens is 3. The van der Waals surface area contributed by atoms with Gasteiger partial charge in [0.25, 0.3) is 0 Å². The molecular formula is C14H10BrF2NO2S. The average Bonchev–Trinajstić information content (AvgIpc) is 2.88. The van der Waals surface area contributed by atoms with Crippen molar-refractivity contribution in [1.82, 2.24) is 4.98 Å². The van der Waals surface area contributed by atoms with E-state index in [4.69, 9.17) is 0 Å². The Kier molecular flexibility index (Phi) is 3.79. The summed E-state index contributed by atoms with van der Waals surface area (Å²) in [4.78, 5) is 16.6. The van der Waals surface area contributed by atoms with Crippen molar-refractivity contribution in [1.29, 1.82) is 0 Å². The Bertz CT molecular complexity index is 732. The van der Waals surface area contributed by atoms with Crippen molar-refractivity contribution in [2.45, 2.75) is 25.2 Å². The molecule has 1 unspecified atom stereocenters. The number of thiazole rings is 1. The molecule has 110 valence electrons. The number of hydrogen-bond acceptors (Lipinski definition) is 3. The summed E-state index contributed by atoms with van der Waals surface area (Å²) in [6.45, 7) is 0. The molecule has 0 spiro atoms. The van der Waals surface area contributed by atoms with E-state index in [1.165, 1.54) is 17.4 Å². The van der Waals surface area contributed by atoms with Crippen LogP contribution in [0.3, 0.4) is 0 Å². The SMILES string of the molecule is O=C(O)C1CCCc2sc(-c3ccc(F)c(F)c3Br)nc21. The van der Waals surface area contributed by atoms with Crippen LogP contribution in [0, 0.1) is 11.6 Å². The standard InChI is InChI=1S/C14H10BrF2NO2S/c15-10-6(4-5-8(16)11(10)17)13-18-12-7(14(19)20)2-1-3-9(12)21-13/h4-5,7H,1-3H2,(H,19,20). The van der Waals surface area contributed by atoms with Crippen molar-refractivity contribution in [3.8, 4) is 10.6 Å². The molecule has 1 aromatic carbocycles. The molecule has 0 saturated heterocycles. The van der Waals surface area contributed by atoms with E-state index in [9.17, 15) is 18.7 Å². The van der Waals surface area contributed by atoms with Crippen LogP contribution in [0.25, 0.3) is 10.6 Å². The maximum absolute atomic E-state index is 13.6. The number of carbonyl (C=O) groups is 1. The van der Waals surface area contributed by atoms with E-state index in [1.807, 2.05) is 0 Å². The summed E-state index contributed by atoms with van der Waals surface area (Å²) in [6, 6.07) is 2.49. The highest BCUT2D eigenvalue weighted by atomic mass is 79.9. The van der Waals surface area contributed by atoms with E-state index in [0.717, 1.165) is 23.8 Å². The van der Waals surface area contributed by atoms with Crippen molar-refractivity contribution < 1.29 is 18.7 Å². The average molecular weight is 374 g/mol.